The quantitative estimate of drug-likeness (QED) is 0.641. The topological polar surface area (TPSA) is 55.0 Å². The zero-order valence-corrected chi connectivity index (χ0v) is 11.5. The number of nitrogens with zero attached hydrogens (tertiary/aromatic N) is 3. The normalized spacial score (nSPS) is 15.5. The van der Waals surface area contributed by atoms with E-state index in [-0.39, 0.29) is 0 Å². The van der Waals surface area contributed by atoms with E-state index in [0.29, 0.717) is 11.7 Å². The summed E-state index contributed by atoms with van der Waals surface area (Å²) >= 11 is 1.78. The number of aromatic nitrogens is 2. The number of rotatable bonds is 5. The highest BCUT2D eigenvalue weighted by molar-refractivity contribution is 7.99. The third-order valence-corrected chi connectivity index (χ3v) is 3.93. The van der Waals surface area contributed by atoms with Crippen molar-refractivity contribution in [2.24, 2.45) is 0 Å². The van der Waals surface area contributed by atoms with Gasteiger partial charge in [-0.25, -0.2) is 9.97 Å². The molecule has 0 bridgehead atoms. The second-order valence-electron chi connectivity index (χ2n) is 4.82. The van der Waals surface area contributed by atoms with Crippen molar-refractivity contribution < 1.29 is 0 Å². The van der Waals surface area contributed by atoms with Gasteiger partial charge in [0.25, 0.3) is 0 Å². The maximum atomic E-state index is 5.94. The third kappa shape index (κ3) is 3.33. The molecular formula is C12H20N4S. The Balaban J connectivity index is 2.08. The van der Waals surface area contributed by atoms with E-state index in [1.165, 1.54) is 12.8 Å². The Kier molecular flexibility index (Phi) is 3.89. The van der Waals surface area contributed by atoms with Crippen LogP contribution in [0.25, 0.3) is 0 Å². The first-order chi connectivity index (χ1) is 8.08. The van der Waals surface area contributed by atoms with Crippen LogP contribution in [0.4, 0.5) is 5.82 Å². The SMILES string of the molecule is Cc1c(N)nc(C2CC2)nc1SCCN(C)C. The first-order valence-electron chi connectivity index (χ1n) is 5.99. The molecule has 0 amide bonds. The van der Waals surface area contributed by atoms with Crippen molar-refractivity contribution in [2.45, 2.75) is 30.7 Å². The first-order valence-corrected chi connectivity index (χ1v) is 6.98. The Morgan fingerprint density at radius 2 is 2.06 bits per heavy atom. The smallest absolute Gasteiger partial charge is 0.135 e. The molecule has 2 rings (SSSR count). The van der Waals surface area contributed by atoms with Crippen molar-refractivity contribution >= 4 is 17.6 Å². The van der Waals surface area contributed by atoms with Crippen LogP contribution in [-0.4, -0.2) is 41.3 Å². The highest BCUT2D eigenvalue weighted by atomic mass is 32.2. The van der Waals surface area contributed by atoms with Crippen LogP contribution >= 0.6 is 11.8 Å². The zero-order chi connectivity index (χ0) is 12.4. The van der Waals surface area contributed by atoms with E-state index >= 15 is 0 Å². The molecule has 2 N–H and O–H groups in total. The molecule has 1 aromatic rings. The molecule has 0 radical (unpaired) electrons. The van der Waals surface area contributed by atoms with Gasteiger partial charge >= 0.3 is 0 Å². The summed E-state index contributed by atoms with van der Waals surface area (Å²) in [6, 6.07) is 0. The van der Waals surface area contributed by atoms with Crippen LogP contribution in [-0.2, 0) is 0 Å². The van der Waals surface area contributed by atoms with E-state index in [4.69, 9.17) is 5.73 Å². The van der Waals surface area contributed by atoms with E-state index in [2.05, 4.69) is 29.0 Å². The molecule has 1 heterocycles. The molecular weight excluding hydrogens is 232 g/mol. The number of thioether (sulfide) groups is 1. The summed E-state index contributed by atoms with van der Waals surface area (Å²) in [7, 11) is 4.16. The molecule has 5 heteroatoms. The van der Waals surface area contributed by atoms with Crippen LogP contribution in [0.2, 0.25) is 0 Å². The highest BCUT2D eigenvalue weighted by Gasteiger charge is 2.27. The van der Waals surface area contributed by atoms with E-state index < -0.39 is 0 Å². The molecule has 0 aliphatic heterocycles. The minimum Gasteiger partial charge on any atom is -0.383 e. The van der Waals surface area contributed by atoms with Gasteiger partial charge in [-0.1, -0.05) is 0 Å². The Morgan fingerprint density at radius 1 is 1.35 bits per heavy atom. The van der Waals surface area contributed by atoms with Gasteiger partial charge in [-0.15, -0.1) is 11.8 Å². The summed E-state index contributed by atoms with van der Waals surface area (Å²) < 4.78 is 0. The maximum absolute atomic E-state index is 5.94. The van der Waals surface area contributed by atoms with E-state index in [1.54, 1.807) is 11.8 Å². The van der Waals surface area contributed by atoms with Crippen molar-refractivity contribution in [3.8, 4) is 0 Å². The van der Waals surface area contributed by atoms with Crippen LogP contribution in [0, 0.1) is 6.92 Å². The predicted octanol–water partition coefficient (Wildman–Crippen LogP) is 1.90. The van der Waals surface area contributed by atoms with Crippen LogP contribution in [0.1, 0.15) is 30.1 Å². The van der Waals surface area contributed by atoms with Gasteiger partial charge in [-0.3, -0.25) is 0 Å². The van der Waals surface area contributed by atoms with E-state index in [9.17, 15) is 0 Å². The predicted molar refractivity (Wildman–Crippen MR) is 72.4 cm³/mol. The highest BCUT2D eigenvalue weighted by Crippen LogP contribution is 2.39. The molecule has 0 spiro atoms. The molecule has 4 nitrogen and oxygen atoms in total. The molecule has 0 aromatic carbocycles. The van der Waals surface area contributed by atoms with Crippen molar-refractivity contribution in [2.75, 3.05) is 32.1 Å². The fourth-order valence-corrected chi connectivity index (χ4v) is 2.65. The van der Waals surface area contributed by atoms with Gasteiger partial charge < -0.3 is 10.6 Å². The number of nitrogen functional groups attached to an aromatic ring is 1. The van der Waals surface area contributed by atoms with Crippen molar-refractivity contribution in [3.63, 3.8) is 0 Å². The lowest BCUT2D eigenvalue weighted by Crippen LogP contribution is -2.15. The lowest BCUT2D eigenvalue weighted by molar-refractivity contribution is 0.437. The van der Waals surface area contributed by atoms with Gasteiger partial charge in [0.1, 0.15) is 16.7 Å². The molecule has 0 atom stereocenters. The van der Waals surface area contributed by atoms with Gasteiger partial charge in [0.2, 0.25) is 0 Å². The largest absolute Gasteiger partial charge is 0.383 e. The van der Waals surface area contributed by atoms with Crippen LogP contribution < -0.4 is 5.73 Å². The zero-order valence-electron chi connectivity index (χ0n) is 10.7. The van der Waals surface area contributed by atoms with E-state index in [0.717, 1.165) is 28.7 Å². The fourth-order valence-electron chi connectivity index (χ4n) is 1.52. The molecule has 1 saturated carbocycles. The van der Waals surface area contributed by atoms with E-state index in [1.807, 2.05) is 6.92 Å². The molecule has 0 saturated heterocycles. The lowest BCUT2D eigenvalue weighted by atomic mass is 10.3. The van der Waals surface area contributed by atoms with Crippen LogP contribution in [0.5, 0.6) is 0 Å². The number of hydrogen-bond donors (Lipinski definition) is 1. The molecule has 94 valence electrons. The van der Waals surface area contributed by atoms with Crippen molar-refractivity contribution in [3.05, 3.63) is 11.4 Å². The monoisotopic (exact) mass is 252 g/mol. The van der Waals surface area contributed by atoms with Gasteiger partial charge in [-0.05, 0) is 33.9 Å². The average Bonchev–Trinajstić information content (AvgIpc) is 3.07. The molecule has 1 aromatic heterocycles. The van der Waals surface area contributed by atoms with Crippen LogP contribution in [0.3, 0.4) is 0 Å². The summed E-state index contributed by atoms with van der Waals surface area (Å²) in [5.41, 5.74) is 6.97. The molecule has 0 unspecified atom stereocenters. The summed E-state index contributed by atoms with van der Waals surface area (Å²) in [5.74, 6) is 3.19. The van der Waals surface area contributed by atoms with Gasteiger partial charge in [0.05, 0.1) is 0 Å². The first kappa shape index (κ1) is 12.6. The molecule has 1 aliphatic carbocycles. The summed E-state index contributed by atoms with van der Waals surface area (Å²) in [4.78, 5) is 11.2. The average molecular weight is 252 g/mol. The minimum absolute atomic E-state index is 0.561. The Hall–Kier alpha value is -0.810. The Bertz CT molecular complexity index is 402. The molecule has 1 fully saturated rings. The lowest BCUT2D eigenvalue weighted by Gasteiger charge is -2.11. The molecule has 17 heavy (non-hydrogen) atoms. The van der Waals surface area contributed by atoms with Crippen molar-refractivity contribution in [1.29, 1.82) is 0 Å². The Morgan fingerprint density at radius 3 is 2.65 bits per heavy atom. The second kappa shape index (κ2) is 5.23. The number of hydrogen-bond acceptors (Lipinski definition) is 5. The van der Waals surface area contributed by atoms with Gasteiger partial charge in [0, 0.05) is 23.8 Å². The van der Waals surface area contributed by atoms with Crippen LogP contribution in [0.15, 0.2) is 5.03 Å². The standard InChI is InChI=1S/C12H20N4S/c1-8-10(13)14-11(9-4-5-9)15-12(8)17-7-6-16(2)3/h9H,4-7H2,1-3H3,(H2,13,14,15). The summed E-state index contributed by atoms with van der Waals surface area (Å²) in [6.07, 6.45) is 2.43. The molecule has 1 aliphatic rings. The number of nitrogens with two attached hydrogens (primary N) is 1. The fraction of sp³-hybridized carbons (Fsp3) is 0.667. The second-order valence-corrected chi connectivity index (χ2v) is 5.91. The maximum Gasteiger partial charge on any atom is 0.135 e. The van der Waals surface area contributed by atoms with Crippen molar-refractivity contribution in [1.82, 2.24) is 14.9 Å². The number of anilines is 1. The minimum atomic E-state index is 0.561. The summed E-state index contributed by atoms with van der Waals surface area (Å²) in [6.45, 7) is 3.05. The Labute approximate surface area is 107 Å². The third-order valence-electron chi connectivity index (χ3n) is 2.88. The summed E-state index contributed by atoms with van der Waals surface area (Å²) in [5, 5.41) is 1.06. The van der Waals surface area contributed by atoms with Gasteiger partial charge in [0.15, 0.2) is 0 Å². The van der Waals surface area contributed by atoms with Gasteiger partial charge in [-0.2, -0.15) is 0 Å².